The summed E-state index contributed by atoms with van der Waals surface area (Å²) in [6.07, 6.45) is 2.18. The first-order chi connectivity index (χ1) is 17.2. The number of aromatic nitrogens is 2. The normalized spacial score (nSPS) is 17.4. The molecule has 2 amide bonds. The molecule has 188 valence electrons. The lowest BCUT2D eigenvalue weighted by Gasteiger charge is -2.20. The molecule has 1 aromatic heterocycles. The fourth-order valence-corrected chi connectivity index (χ4v) is 3.92. The average molecular weight is 506 g/mol. The Hall–Kier alpha value is -4.42. The van der Waals surface area contributed by atoms with Gasteiger partial charge < -0.3 is 24.8 Å². The molecule has 0 bridgehead atoms. The number of methoxy groups -OCH3 is 1. The maximum absolute atomic E-state index is 15.0. The predicted molar refractivity (Wildman–Crippen MR) is 116 cm³/mol. The summed E-state index contributed by atoms with van der Waals surface area (Å²) in [5, 5.41) is 12.5. The van der Waals surface area contributed by atoms with Crippen molar-refractivity contribution in [3.8, 4) is 17.4 Å². The minimum Gasteiger partial charge on any atom is -0.497 e. The number of carbonyl (C=O) groups excluding carboxylic acids is 2. The van der Waals surface area contributed by atoms with E-state index in [-0.39, 0.29) is 29.3 Å². The second-order valence-electron chi connectivity index (χ2n) is 7.65. The van der Waals surface area contributed by atoms with Gasteiger partial charge in [0, 0.05) is 35.7 Å². The first-order valence-electron chi connectivity index (χ1n) is 10.4. The van der Waals surface area contributed by atoms with Gasteiger partial charge in [0.15, 0.2) is 0 Å². The summed E-state index contributed by atoms with van der Waals surface area (Å²) in [7, 11) is 1.23. The molecule has 2 heterocycles. The minimum atomic E-state index is -3.06. The highest BCUT2D eigenvalue weighted by atomic mass is 19.3. The van der Waals surface area contributed by atoms with Crippen molar-refractivity contribution in [2.24, 2.45) is 0 Å². The van der Waals surface area contributed by atoms with Crippen LogP contribution in [0, 0.1) is 11.6 Å². The van der Waals surface area contributed by atoms with Crippen molar-refractivity contribution >= 4 is 17.5 Å². The van der Waals surface area contributed by atoms with Gasteiger partial charge in [0.1, 0.15) is 41.2 Å². The third-order valence-electron chi connectivity index (χ3n) is 5.56. The third kappa shape index (κ3) is 4.85. The lowest BCUT2D eigenvalue weighted by atomic mass is 9.92. The van der Waals surface area contributed by atoms with Crippen LogP contribution >= 0.6 is 0 Å². The van der Waals surface area contributed by atoms with Crippen molar-refractivity contribution in [2.45, 2.75) is 18.6 Å². The average Bonchev–Trinajstić information content (AvgIpc) is 3.14. The first-order valence-corrected chi connectivity index (χ1v) is 10.4. The summed E-state index contributed by atoms with van der Waals surface area (Å²) < 4.78 is 63.8. The number of anilines is 1. The number of hydrogen-bond acceptors (Lipinski definition) is 7. The molecule has 0 saturated carbocycles. The van der Waals surface area contributed by atoms with E-state index < -0.39 is 53.5 Å². The summed E-state index contributed by atoms with van der Waals surface area (Å²) in [5.74, 6) is -5.67. The molecule has 0 spiro atoms. The maximum atomic E-state index is 15.0. The molecule has 1 saturated heterocycles. The van der Waals surface area contributed by atoms with E-state index in [9.17, 15) is 32.3 Å². The smallest absolute Gasteiger partial charge is 0.387 e. The Morgan fingerprint density at radius 3 is 2.42 bits per heavy atom. The van der Waals surface area contributed by atoms with Gasteiger partial charge in [-0.05, 0) is 24.3 Å². The van der Waals surface area contributed by atoms with Gasteiger partial charge in [0.25, 0.3) is 5.91 Å². The highest BCUT2D eigenvalue weighted by molar-refractivity contribution is 6.05. The van der Waals surface area contributed by atoms with Crippen LogP contribution in [0.4, 0.5) is 23.2 Å². The fourth-order valence-electron chi connectivity index (χ4n) is 3.92. The Bertz CT molecular complexity index is 1270. The van der Waals surface area contributed by atoms with E-state index in [1.807, 2.05) is 0 Å². The number of carbonyl (C=O) groups is 2. The molecule has 1 aliphatic heterocycles. The maximum Gasteiger partial charge on any atom is 0.387 e. The monoisotopic (exact) mass is 506 g/mol. The molecule has 9 nitrogen and oxygen atoms in total. The third-order valence-corrected chi connectivity index (χ3v) is 5.56. The lowest BCUT2D eigenvalue weighted by molar-refractivity contribution is -0.118. The van der Waals surface area contributed by atoms with Gasteiger partial charge in [-0.15, -0.1) is 0 Å². The van der Waals surface area contributed by atoms with E-state index in [1.54, 1.807) is 0 Å². The molecule has 1 aliphatic rings. The Morgan fingerprint density at radius 2 is 1.83 bits per heavy atom. The number of amides is 2. The van der Waals surface area contributed by atoms with E-state index in [0.717, 1.165) is 41.7 Å². The molecule has 4 rings (SSSR count). The van der Waals surface area contributed by atoms with Crippen molar-refractivity contribution in [1.29, 1.82) is 0 Å². The van der Waals surface area contributed by atoms with Gasteiger partial charge in [-0.25, -0.2) is 18.7 Å². The number of rotatable bonds is 7. The van der Waals surface area contributed by atoms with Gasteiger partial charge in [-0.3, -0.25) is 9.59 Å². The van der Waals surface area contributed by atoms with Gasteiger partial charge in [-0.1, -0.05) is 0 Å². The lowest BCUT2D eigenvalue weighted by Crippen LogP contribution is -2.44. The second kappa shape index (κ2) is 10.1. The van der Waals surface area contributed by atoms with Crippen LogP contribution in [0.25, 0.3) is 0 Å². The summed E-state index contributed by atoms with van der Waals surface area (Å²) >= 11 is 0. The molecule has 0 aliphatic carbocycles. The number of nitrogens with zero attached hydrogens (tertiary/aromatic N) is 3. The van der Waals surface area contributed by atoms with Crippen LogP contribution in [0.1, 0.15) is 21.8 Å². The van der Waals surface area contributed by atoms with E-state index in [2.05, 4.69) is 20.0 Å². The number of ether oxygens (including phenoxy) is 2. The fraction of sp³-hybridized carbons (Fsp3) is 0.217. The van der Waals surface area contributed by atoms with Crippen LogP contribution < -0.4 is 19.7 Å². The van der Waals surface area contributed by atoms with Gasteiger partial charge in [0.2, 0.25) is 11.8 Å². The number of hydrogen-bond donors (Lipinski definition) is 2. The van der Waals surface area contributed by atoms with E-state index in [1.165, 1.54) is 19.2 Å². The number of nitrogens with one attached hydrogen (secondary N) is 1. The molecule has 0 unspecified atom stereocenters. The second-order valence-corrected chi connectivity index (χ2v) is 7.65. The predicted octanol–water partition coefficient (Wildman–Crippen LogP) is 3.00. The zero-order valence-electron chi connectivity index (χ0n) is 18.5. The van der Waals surface area contributed by atoms with Crippen LogP contribution in [0.5, 0.6) is 17.4 Å². The Morgan fingerprint density at radius 1 is 1.17 bits per heavy atom. The zero-order chi connectivity index (χ0) is 26.0. The molecule has 13 heteroatoms. The van der Waals surface area contributed by atoms with Crippen molar-refractivity contribution in [3.63, 3.8) is 0 Å². The van der Waals surface area contributed by atoms with Crippen molar-refractivity contribution in [2.75, 3.05) is 18.6 Å². The highest BCUT2D eigenvalue weighted by Crippen LogP contribution is 2.38. The molecule has 0 radical (unpaired) electrons. The topological polar surface area (TPSA) is 114 Å². The highest BCUT2D eigenvalue weighted by Gasteiger charge is 2.46. The van der Waals surface area contributed by atoms with Crippen molar-refractivity contribution in [1.82, 2.24) is 15.3 Å². The molecule has 3 aromatic rings. The van der Waals surface area contributed by atoms with Crippen LogP contribution in [0.3, 0.4) is 0 Å². The quantitative estimate of drug-likeness (QED) is 0.474. The zero-order valence-corrected chi connectivity index (χ0v) is 18.5. The standard InChI is InChI=1S/C23H18F4N4O5/c1-35-13-6-15(24)18(16(25)7-13)14-9-31(17-8-28-10-29-21(17)33)22(34)19(14)30-20(32)11-2-4-12(5-3-11)36-23(26)27/h2-8,10,14,19,23H,9H2,1H3,(H,30,32)(H,28,29,33)/t14-,19-/m0/s1. The Labute approximate surface area is 201 Å². The largest absolute Gasteiger partial charge is 0.497 e. The van der Waals surface area contributed by atoms with Crippen LogP contribution in [-0.2, 0) is 4.79 Å². The van der Waals surface area contributed by atoms with E-state index in [4.69, 9.17) is 4.74 Å². The number of benzene rings is 2. The van der Waals surface area contributed by atoms with Crippen molar-refractivity contribution in [3.05, 3.63) is 71.7 Å². The Balaban J connectivity index is 1.69. The molecule has 36 heavy (non-hydrogen) atoms. The minimum absolute atomic E-state index is 0.0248. The summed E-state index contributed by atoms with van der Waals surface area (Å²) in [6, 6.07) is 5.04. The Kier molecular flexibility index (Phi) is 6.90. The summed E-state index contributed by atoms with van der Waals surface area (Å²) in [6.45, 7) is -3.38. The van der Waals surface area contributed by atoms with Crippen LogP contribution in [-0.4, -0.2) is 53.2 Å². The summed E-state index contributed by atoms with van der Waals surface area (Å²) in [4.78, 5) is 34.6. The van der Waals surface area contributed by atoms with Gasteiger partial charge >= 0.3 is 6.61 Å². The number of halogens is 4. The molecular weight excluding hydrogens is 488 g/mol. The molecule has 1 fully saturated rings. The van der Waals surface area contributed by atoms with E-state index >= 15 is 0 Å². The molecule has 2 aromatic carbocycles. The molecule has 2 atom stereocenters. The van der Waals surface area contributed by atoms with Crippen LogP contribution in [0.2, 0.25) is 0 Å². The van der Waals surface area contributed by atoms with Crippen LogP contribution in [0.15, 0.2) is 48.9 Å². The van der Waals surface area contributed by atoms with Gasteiger partial charge in [0.05, 0.1) is 13.3 Å². The molecular formula is C23H18F4N4O5. The number of aromatic hydroxyl groups is 1. The van der Waals surface area contributed by atoms with Gasteiger partial charge in [-0.2, -0.15) is 8.78 Å². The molecule has 2 N–H and O–H groups in total. The van der Waals surface area contributed by atoms with E-state index in [0.29, 0.717) is 0 Å². The van der Waals surface area contributed by atoms with Crippen molar-refractivity contribution < 1.29 is 41.7 Å². The number of alkyl halides is 2. The SMILES string of the molecule is COc1cc(F)c([C@@H]2CN(c3cncnc3O)C(=O)[C@H]2NC(=O)c2ccc(OC(F)F)cc2)c(F)c1. The summed E-state index contributed by atoms with van der Waals surface area (Å²) in [5.41, 5.74) is -0.621. The first kappa shape index (κ1) is 24.7.